The molecule has 0 unspecified atom stereocenters. The van der Waals surface area contributed by atoms with E-state index in [1.165, 1.54) is 0 Å². The lowest BCUT2D eigenvalue weighted by Gasteiger charge is -2.35. The Morgan fingerprint density at radius 1 is 0.905 bits per heavy atom. The number of hydrogen-bond donors (Lipinski definition) is 0. The highest BCUT2D eigenvalue weighted by atomic mass is 32.2. The SMILES string of the molecule is COc1ccc(C(=O)N(C/C=C/c2ccccc2OC)CCN2CCN(S(=O)(=O)c3c(C)cc(C)cc3C)CC2)cc1. The Kier molecular flexibility index (Phi) is 10.4. The highest BCUT2D eigenvalue weighted by molar-refractivity contribution is 7.89. The van der Waals surface area contributed by atoms with Crippen LogP contribution in [0.15, 0.2) is 71.6 Å². The van der Waals surface area contributed by atoms with Gasteiger partial charge in [0.05, 0.1) is 19.1 Å². The lowest BCUT2D eigenvalue weighted by atomic mass is 10.1. The standard InChI is InChI=1S/C33H41N3O5S/c1-25-23-26(2)32(27(3)24-25)42(38,39)36-21-18-34(19-22-36)17-20-35(33(37)29-12-14-30(40-4)15-13-29)16-8-10-28-9-6-7-11-31(28)41-5/h6-15,23-24H,16-22H2,1-5H3/b10-8+. The third-order valence-corrected chi connectivity index (χ3v) is 9.81. The van der Waals surface area contributed by atoms with Gasteiger partial charge in [-0.15, -0.1) is 0 Å². The molecule has 0 saturated carbocycles. The number of aryl methyl sites for hydroxylation is 3. The number of carbonyl (C=O) groups is 1. The van der Waals surface area contributed by atoms with Gasteiger partial charge < -0.3 is 14.4 Å². The number of rotatable bonds is 11. The molecule has 0 N–H and O–H groups in total. The fourth-order valence-electron chi connectivity index (χ4n) is 5.46. The van der Waals surface area contributed by atoms with E-state index in [1.54, 1.807) is 42.8 Å². The maximum atomic E-state index is 13.5. The smallest absolute Gasteiger partial charge is 0.254 e. The zero-order valence-electron chi connectivity index (χ0n) is 25.2. The van der Waals surface area contributed by atoms with Crippen LogP contribution in [0.3, 0.4) is 0 Å². The largest absolute Gasteiger partial charge is 0.497 e. The van der Waals surface area contributed by atoms with Gasteiger partial charge in [0.15, 0.2) is 0 Å². The third kappa shape index (κ3) is 7.40. The Morgan fingerprint density at radius 2 is 1.55 bits per heavy atom. The number of hydrogen-bond acceptors (Lipinski definition) is 6. The van der Waals surface area contributed by atoms with E-state index >= 15 is 0 Å². The van der Waals surface area contributed by atoms with E-state index in [0.717, 1.165) is 28.0 Å². The second-order valence-electron chi connectivity index (χ2n) is 10.6. The average molecular weight is 592 g/mol. The summed E-state index contributed by atoms with van der Waals surface area (Å²) in [4.78, 5) is 18.0. The van der Waals surface area contributed by atoms with Gasteiger partial charge in [-0.3, -0.25) is 9.69 Å². The molecular weight excluding hydrogens is 550 g/mol. The van der Waals surface area contributed by atoms with Crippen LogP contribution in [0.5, 0.6) is 11.5 Å². The van der Waals surface area contributed by atoms with E-state index in [2.05, 4.69) is 4.90 Å². The molecule has 42 heavy (non-hydrogen) atoms. The molecule has 0 radical (unpaired) electrons. The van der Waals surface area contributed by atoms with E-state index in [0.29, 0.717) is 62.0 Å². The molecule has 1 saturated heterocycles. The van der Waals surface area contributed by atoms with Crippen LogP contribution in [-0.4, -0.2) is 88.5 Å². The van der Waals surface area contributed by atoms with Gasteiger partial charge >= 0.3 is 0 Å². The molecule has 3 aromatic rings. The van der Waals surface area contributed by atoms with E-state index < -0.39 is 10.0 Å². The number of sulfonamides is 1. The van der Waals surface area contributed by atoms with Gasteiger partial charge in [0.1, 0.15) is 11.5 Å². The third-order valence-electron chi connectivity index (χ3n) is 7.61. The van der Waals surface area contributed by atoms with Gasteiger partial charge in [-0.1, -0.05) is 48.0 Å². The van der Waals surface area contributed by atoms with Crippen molar-refractivity contribution in [1.82, 2.24) is 14.1 Å². The summed E-state index contributed by atoms with van der Waals surface area (Å²) in [6, 6.07) is 18.7. The van der Waals surface area contributed by atoms with Crippen molar-refractivity contribution in [2.24, 2.45) is 0 Å². The van der Waals surface area contributed by atoms with Crippen LogP contribution in [-0.2, 0) is 10.0 Å². The summed E-state index contributed by atoms with van der Waals surface area (Å²) in [6.45, 7) is 9.29. The van der Waals surface area contributed by atoms with Gasteiger partial charge in [0.2, 0.25) is 10.0 Å². The molecule has 1 aliphatic rings. The zero-order chi connectivity index (χ0) is 30.3. The van der Waals surface area contributed by atoms with Crippen LogP contribution in [0, 0.1) is 20.8 Å². The van der Waals surface area contributed by atoms with E-state index in [-0.39, 0.29) is 5.91 Å². The van der Waals surface area contributed by atoms with Crippen molar-refractivity contribution < 1.29 is 22.7 Å². The highest BCUT2D eigenvalue weighted by Gasteiger charge is 2.31. The first-order valence-electron chi connectivity index (χ1n) is 14.2. The summed E-state index contributed by atoms with van der Waals surface area (Å²) in [6.07, 6.45) is 3.93. The van der Waals surface area contributed by atoms with Gasteiger partial charge in [-0.2, -0.15) is 4.31 Å². The van der Waals surface area contributed by atoms with Crippen LogP contribution in [0.2, 0.25) is 0 Å². The first-order valence-corrected chi connectivity index (χ1v) is 15.6. The Hall–Kier alpha value is -3.66. The average Bonchev–Trinajstić information content (AvgIpc) is 2.98. The van der Waals surface area contributed by atoms with Crippen molar-refractivity contribution in [3.8, 4) is 11.5 Å². The number of benzene rings is 3. The number of methoxy groups -OCH3 is 2. The van der Waals surface area contributed by atoms with E-state index in [4.69, 9.17) is 9.47 Å². The van der Waals surface area contributed by atoms with Gasteiger partial charge in [0, 0.05) is 56.9 Å². The Labute approximate surface area is 250 Å². The van der Waals surface area contributed by atoms with Crippen molar-refractivity contribution in [3.05, 3.63) is 94.6 Å². The molecule has 224 valence electrons. The molecule has 1 fully saturated rings. The normalized spacial score (nSPS) is 14.7. The van der Waals surface area contributed by atoms with Crippen LogP contribution in [0.1, 0.15) is 32.6 Å². The van der Waals surface area contributed by atoms with E-state index in [9.17, 15) is 13.2 Å². The minimum Gasteiger partial charge on any atom is -0.497 e. The number of amides is 1. The van der Waals surface area contributed by atoms with Crippen molar-refractivity contribution in [3.63, 3.8) is 0 Å². The van der Waals surface area contributed by atoms with Crippen molar-refractivity contribution >= 4 is 22.0 Å². The molecule has 0 spiro atoms. The summed E-state index contributed by atoms with van der Waals surface area (Å²) in [5.41, 5.74) is 4.14. The lowest BCUT2D eigenvalue weighted by Crippen LogP contribution is -2.50. The predicted molar refractivity (Wildman–Crippen MR) is 167 cm³/mol. The fraction of sp³-hybridized carbons (Fsp3) is 0.364. The predicted octanol–water partition coefficient (Wildman–Crippen LogP) is 4.79. The molecule has 9 heteroatoms. The number of piperazine rings is 1. The fourth-order valence-corrected chi connectivity index (χ4v) is 7.30. The molecule has 3 aromatic carbocycles. The minimum atomic E-state index is -3.58. The monoisotopic (exact) mass is 591 g/mol. The van der Waals surface area contributed by atoms with Crippen LogP contribution in [0.25, 0.3) is 6.08 Å². The topological polar surface area (TPSA) is 79.4 Å². The maximum Gasteiger partial charge on any atom is 0.254 e. The molecule has 0 aliphatic carbocycles. The molecule has 4 rings (SSSR count). The first-order chi connectivity index (χ1) is 20.1. The van der Waals surface area contributed by atoms with Crippen LogP contribution in [0.4, 0.5) is 0 Å². The molecule has 0 atom stereocenters. The lowest BCUT2D eigenvalue weighted by molar-refractivity contribution is 0.0745. The number of ether oxygens (including phenoxy) is 2. The molecule has 1 amide bonds. The van der Waals surface area contributed by atoms with Crippen LogP contribution < -0.4 is 9.47 Å². The van der Waals surface area contributed by atoms with Crippen molar-refractivity contribution in [2.75, 3.05) is 60.0 Å². The van der Waals surface area contributed by atoms with Gasteiger partial charge in [0.25, 0.3) is 5.91 Å². The molecule has 0 aromatic heterocycles. The summed E-state index contributed by atoms with van der Waals surface area (Å²) in [5, 5.41) is 0. The van der Waals surface area contributed by atoms with Gasteiger partial charge in [-0.05, 0) is 62.2 Å². The molecule has 8 nitrogen and oxygen atoms in total. The Bertz CT molecular complexity index is 1490. The summed E-state index contributed by atoms with van der Waals surface area (Å²) in [7, 11) is -0.345. The van der Waals surface area contributed by atoms with Crippen molar-refractivity contribution in [1.29, 1.82) is 0 Å². The molecular formula is C33H41N3O5S. The summed E-state index contributed by atoms with van der Waals surface area (Å²) >= 11 is 0. The Balaban J connectivity index is 1.43. The quantitative estimate of drug-likeness (QED) is 0.319. The zero-order valence-corrected chi connectivity index (χ0v) is 26.0. The molecule has 1 aliphatic heterocycles. The maximum absolute atomic E-state index is 13.5. The summed E-state index contributed by atoms with van der Waals surface area (Å²) < 4.78 is 39.3. The minimum absolute atomic E-state index is 0.0751. The number of carbonyl (C=O) groups excluding carboxylic acids is 1. The molecule has 1 heterocycles. The summed E-state index contributed by atoms with van der Waals surface area (Å²) in [5.74, 6) is 1.39. The number of para-hydroxylation sites is 1. The van der Waals surface area contributed by atoms with Crippen LogP contribution >= 0.6 is 0 Å². The second kappa shape index (κ2) is 14.0. The Morgan fingerprint density at radius 3 is 2.17 bits per heavy atom. The van der Waals surface area contributed by atoms with Gasteiger partial charge in [-0.25, -0.2) is 8.42 Å². The van der Waals surface area contributed by atoms with Crippen molar-refractivity contribution in [2.45, 2.75) is 25.7 Å². The molecule has 0 bridgehead atoms. The van der Waals surface area contributed by atoms with E-state index in [1.807, 2.05) is 74.2 Å². The first kappa shape index (κ1) is 31.3. The number of nitrogens with zero attached hydrogens (tertiary/aromatic N) is 3. The highest BCUT2D eigenvalue weighted by Crippen LogP contribution is 2.26. The second-order valence-corrected chi connectivity index (χ2v) is 12.5.